The Balaban J connectivity index is 1.22. The fourth-order valence-electron chi connectivity index (χ4n) is 5.93. The minimum atomic E-state index is -3.52. The van der Waals surface area contributed by atoms with E-state index in [2.05, 4.69) is 91.0 Å². The summed E-state index contributed by atoms with van der Waals surface area (Å²) >= 11 is 0. The van der Waals surface area contributed by atoms with Crippen LogP contribution in [0, 0.1) is 0 Å². The summed E-state index contributed by atoms with van der Waals surface area (Å²) in [7, 11) is -4.04. The van der Waals surface area contributed by atoms with Gasteiger partial charge in [0.2, 0.25) is 0 Å². The normalized spacial score (nSPS) is 12.3. The van der Waals surface area contributed by atoms with Crippen molar-refractivity contribution in [3.63, 3.8) is 0 Å². The van der Waals surface area contributed by atoms with Crippen LogP contribution in [-0.2, 0) is 10.0 Å². The molecule has 0 fully saturated rings. The van der Waals surface area contributed by atoms with Crippen LogP contribution in [0.5, 0.6) is 0 Å². The van der Waals surface area contributed by atoms with Gasteiger partial charge in [0.05, 0.1) is 0 Å². The minimum absolute atomic E-state index is 0.342. The number of hydrogen-bond donors (Lipinski definition) is 0. The molecule has 0 aliphatic rings. The molecule has 5 rings (SSSR count). The molecule has 0 spiro atoms. The van der Waals surface area contributed by atoms with Gasteiger partial charge < -0.3 is 0 Å². The fraction of sp³-hybridized carbons (Fsp3) is 0.189. The second kappa shape index (κ2) is 14.1. The summed E-state index contributed by atoms with van der Waals surface area (Å²) in [5.41, 5.74) is 2.09. The summed E-state index contributed by atoms with van der Waals surface area (Å²) in [6.45, 7) is 0.515. The van der Waals surface area contributed by atoms with E-state index in [4.69, 9.17) is 0 Å². The Morgan fingerprint density at radius 3 is 1.38 bits per heavy atom. The van der Waals surface area contributed by atoms with Gasteiger partial charge in [-0.05, 0) is 5.56 Å². The van der Waals surface area contributed by atoms with Crippen molar-refractivity contribution in [1.29, 1.82) is 0 Å². The zero-order chi connectivity index (χ0) is 29.3. The zero-order valence-corrected chi connectivity index (χ0v) is 26.1. The number of unbranched alkanes of at least 4 members (excludes halogenated alkanes) is 3. The van der Waals surface area contributed by atoms with E-state index in [9.17, 15) is 8.42 Å². The average Bonchev–Trinajstić information content (AvgIpc) is 3.06. The molecule has 0 amide bonds. The molecule has 5 aromatic carbocycles. The molecule has 0 N–H and O–H groups in total. The first-order valence-electron chi connectivity index (χ1n) is 14.8. The Labute approximate surface area is 252 Å². The van der Waals surface area contributed by atoms with Gasteiger partial charge in [-0.15, -0.1) is 0 Å². The molecule has 0 aliphatic carbocycles. The Morgan fingerprint density at radius 2 is 0.905 bits per heavy atom. The van der Waals surface area contributed by atoms with Gasteiger partial charge in [-0.1, -0.05) is 30.3 Å². The third kappa shape index (κ3) is 6.73. The average molecular weight is 594 g/mol. The Kier molecular flexibility index (Phi) is 10.0. The van der Waals surface area contributed by atoms with Crippen LogP contribution in [0.1, 0.15) is 25.7 Å². The maximum absolute atomic E-state index is 13.2. The van der Waals surface area contributed by atoms with Gasteiger partial charge in [0.25, 0.3) is 0 Å². The number of benzene rings is 5. The molecule has 5 aromatic rings. The van der Waals surface area contributed by atoms with Gasteiger partial charge in [0, 0.05) is 0 Å². The van der Waals surface area contributed by atoms with E-state index in [-0.39, 0.29) is 0 Å². The van der Waals surface area contributed by atoms with Gasteiger partial charge in [0.1, 0.15) is 0 Å². The van der Waals surface area contributed by atoms with Gasteiger partial charge in [0.15, 0.2) is 0 Å². The van der Waals surface area contributed by atoms with Crippen molar-refractivity contribution in [2.75, 3.05) is 19.8 Å². The van der Waals surface area contributed by atoms with Crippen LogP contribution in [0.4, 0.5) is 0 Å². The molecule has 0 saturated carbocycles. The van der Waals surface area contributed by atoms with Crippen molar-refractivity contribution in [1.82, 2.24) is 4.31 Å². The molecule has 42 heavy (non-hydrogen) atoms. The first kappa shape index (κ1) is 29.9. The van der Waals surface area contributed by atoms with Crippen molar-refractivity contribution in [2.24, 2.45) is 0 Å². The second-order valence-corrected chi connectivity index (χ2v) is 17.0. The third-order valence-corrected chi connectivity index (χ3v) is 15.2. The third-order valence-electron chi connectivity index (χ3n) is 8.24. The molecular formula is C37H40NO2PS. The van der Waals surface area contributed by atoms with Crippen molar-refractivity contribution >= 4 is 33.2 Å². The molecule has 0 unspecified atom stereocenters. The molecule has 0 aliphatic heterocycles. The molecule has 5 heteroatoms. The molecule has 216 valence electrons. The van der Waals surface area contributed by atoms with Crippen LogP contribution < -0.4 is 15.9 Å². The Bertz CT molecular complexity index is 1530. The summed E-state index contributed by atoms with van der Waals surface area (Å²) in [5, 5.41) is 4.31. The summed E-state index contributed by atoms with van der Waals surface area (Å²) in [6.07, 6.45) is 5.13. The van der Waals surface area contributed by atoms with Gasteiger partial charge in [-0.2, -0.15) is 0 Å². The molecule has 0 saturated heterocycles. The van der Waals surface area contributed by atoms with Crippen molar-refractivity contribution in [2.45, 2.75) is 30.6 Å². The van der Waals surface area contributed by atoms with Gasteiger partial charge >= 0.3 is 217 Å². The summed E-state index contributed by atoms with van der Waals surface area (Å²) < 4.78 is 28.0. The topological polar surface area (TPSA) is 37.4 Å². The second-order valence-electron chi connectivity index (χ2n) is 10.9. The quantitative estimate of drug-likeness (QED) is 0.106. The van der Waals surface area contributed by atoms with Crippen LogP contribution in [0.3, 0.4) is 0 Å². The first-order valence-corrected chi connectivity index (χ1v) is 18.4. The number of rotatable bonds is 13. The molecule has 0 radical (unpaired) electrons. The van der Waals surface area contributed by atoms with Gasteiger partial charge in [-0.25, -0.2) is 0 Å². The molecule has 0 aromatic heterocycles. The predicted octanol–water partition coefficient (Wildman–Crippen LogP) is 7.26. The van der Waals surface area contributed by atoms with Crippen LogP contribution in [0.2, 0.25) is 0 Å². The van der Waals surface area contributed by atoms with E-state index >= 15 is 0 Å². The number of hydrogen-bond acceptors (Lipinski definition) is 2. The summed E-state index contributed by atoms with van der Waals surface area (Å²) in [4.78, 5) is 0.342. The van der Waals surface area contributed by atoms with Gasteiger partial charge in [-0.3, -0.25) is 0 Å². The van der Waals surface area contributed by atoms with Crippen LogP contribution >= 0.6 is 7.26 Å². The molecular weight excluding hydrogens is 553 g/mol. The summed E-state index contributed by atoms with van der Waals surface area (Å²) in [6, 6.07) is 50.3. The molecule has 0 bridgehead atoms. The first-order chi connectivity index (χ1) is 20.5. The van der Waals surface area contributed by atoms with E-state index in [0.29, 0.717) is 11.4 Å². The van der Waals surface area contributed by atoms with E-state index in [1.807, 2.05) is 42.5 Å². The van der Waals surface area contributed by atoms with Crippen LogP contribution in [0.25, 0.3) is 11.1 Å². The van der Waals surface area contributed by atoms with Crippen molar-refractivity contribution < 1.29 is 8.42 Å². The van der Waals surface area contributed by atoms with E-state index in [1.165, 1.54) is 20.2 Å². The van der Waals surface area contributed by atoms with E-state index in [0.717, 1.165) is 43.0 Å². The Hall–Kier alpha value is -3.56. The van der Waals surface area contributed by atoms with E-state index in [1.54, 1.807) is 19.2 Å². The molecule has 0 atom stereocenters. The zero-order valence-electron chi connectivity index (χ0n) is 24.3. The fourth-order valence-corrected chi connectivity index (χ4v) is 12.1. The van der Waals surface area contributed by atoms with E-state index < -0.39 is 17.3 Å². The van der Waals surface area contributed by atoms with Crippen molar-refractivity contribution in [3.8, 4) is 11.1 Å². The van der Waals surface area contributed by atoms with Crippen LogP contribution in [-0.4, -0.2) is 32.5 Å². The monoisotopic (exact) mass is 593 g/mol. The standard InChI is InChI=1S/C37H40NO2PS/c1-38(42(39,40)37-28-26-33(27-29-37)32-18-8-4-9-19-32)30-16-2-3-17-31-41(34-20-10-5-11-21-34,35-22-12-6-13-23-35)36-24-14-7-15-25-36/h4-15,18-29,41H,2-3,16-17,30-31H2,1H3. The molecule has 3 nitrogen and oxygen atoms in total. The predicted molar refractivity (Wildman–Crippen MR) is 182 cm³/mol. The number of nitrogens with zero attached hydrogens (tertiary/aromatic N) is 1. The van der Waals surface area contributed by atoms with Crippen molar-refractivity contribution in [3.05, 3.63) is 146 Å². The maximum atomic E-state index is 13.2. The Morgan fingerprint density at radius 1 is 0.500 bits per heavy atom. The summed E-state index contributed by atoms with van der Waals surface area (Å²) in [5.74, 6) is 0. The number of sulfonamides is 1. The van der Waals surface area contributed by atoms with Crippen LogP contribution in [0.15, 0.2) is 150 Å². The molecule has 0 heterocycles. The SMILES string of the molecule is CN(CCCCCC[PH](c1ccccc1)(c1ccccc1)c1ccccc1)S(=O)(=O)c1ccc(-c2ccccc2)cc1.